The molecule has 0 saturated carbocycles. The van der Waals surface area contributed by atoms with Gasteiger partial charge in [-0.1, -0.05) is 37.6 Å². The van der Waals surface area contributed by atoms with Gasteiger partial charge in [0, 0.05) is 24.5 Å². The minimum atomic E-state index is -0.423. The Bertz CT molecular complexity index is 1080. The van der Waals surface area contributed by atoms with E-state index in [1.54, 1.807) is 0 Å². The van der Waals surface area contributed by atoms with Gasteiger partial charge in [0.05, 0.1) is 5.69 Å². The lowest BCUT2D eigenvalue weighted by Crippen LogP contribution is -2.41. The Kier molecular flexibility index (Phi) is 4.82. The highest BCUT2D eigenvalue weighted by Gasteiger charge is 2.20. The van der Waals surface area contributed by atoms with Crippen LogP contribution in [-0.2, 0) is 13.6 Å². The van der Waals surface area contributed by atoms with Crippen molar-refractivity contribution in [3.05, 3.63) is 56.0 Å². The Morgan fingerprint density at radius 3 is 2.65 bits per heavy atom. The summed E-state index contributed by atoms with van der Waals surface area (Å²) in [7, 11) is 1.47. The first kappa shape index (κ1) is 18.1. The number of nitrogens with two attached hydrogens (primary N) is 1. The van der Waals surface area contributed by atoms with Crippen LogP contribution in [0.25, 0.3) is 21.8 Å². The van der Waals surface area contributed by atoms with Gasteiger partial charge in [0.1, 0.15) is 16.4 Å². The third-order valence-electron chi connectivity index (χ3n) is 4.16. The summed E-state index contributed by atoms with van der Waals surface area (Å²) in [4.78, 5) is 29.7. The van der Waals surface area contributed by atoms with Gasteiger partial charge < -0.3 is 5.73 Å². The summed E-state index contributed by atoms with van der Waals surface area (Å²) >= 11 is 1.45. The zero-order chi connectivity index (χ0) is 19.0. The molecule has 26 heavy (non-hydrogen) atoms. The zero-order valence-electron chi connectivity index (χ0n) is 15.3. The fraction of sp³-hybridized carbons (Fsp3) is 0.316. The highest BCUT2D eigenvalue weighted by Crippen LogP contribution is 2.30. The van der Waals surface area contributed by atoms with E-state index >= 15 is 0 Å². The number of rotatable bonds is 4. The van der Waals surface area contributed by atoms with Crippen molar-refractivity contribution in [1.82, 2.24) is 14.1 Å². The largest absolute Gasteiger partial charge is 0.384 e. The Morgan fingerprint density at radius 1 is 1.27 bits per heavy atom. The van der Waals surface area contributed by atoms with Crippen LogP contribution in [0.15, 0.2) is 39.2 Å². The van der Waals surface area contributed by atoms with E-state index in [9.17, 15) is 9.59 Å². The summed E-state index contributed by atoms with van der Waals surface area (Å²) in [6.07, 6.45) is 0. The van der Waals surface area contributed by atoms with Crippen molar-refractivity contribution in [3.8, 4) is 21.8 Å². The maximum Gasteiger partial charge on any atom is 0.332 e. The second-order valence-corrected chi connectivity index (χ2v) is 7.68. The van der Waals surface area contributed by atoms with Crippen LogP contribution in [0.4, 0.5) is 5.82 Å². The minimum Gasteiger partial charge on any atom is -0.384 e. The van der Waals surface area contributed by atoms with E-state index in [-0.39, 0.29) is 17.3 Å². The Morgan fingerprint density at radius 2 is 2.00 bits per heavy atom. The number of nitrogens with zero attached hydrogens (tertiary/aromatic N) is 3. The molecule has 0 spiro atoms. The Hall–Kier alpha value is -2.67. The molecule has 7 heteroatoms. The summed E-state index contributed by atoms with van der Waals surface area (Å²) < 4.78 is 2.55. The van der Waals surface area contributed by atoms with Gasteiger partial charge in [-0.25, -0.2) is 9.78 Å². The lowest BCUT2D eigenvalue weighted by atomic mass is 10.1. The summed E-state index contributed by atoms with van der Waals surface area (Å²) in [5, 5.41) is 2.63. The molecule has 3 aromatic rings. The molecule has 0 radical (unpaired) electrons. The molecule has 0 aliphatic carbocycles. The smallest absolute Gasteiger partial charge is 0.332 e. The number of aromatic nitrogens is 3. The zero-order valence-corrected chi connectivity index (χ0v) is 16.1. The first-order valence-corrected chi connectivity index (χ1v) is 9.29. The fourth-order valence-corrected chi connectivity index (χ4v) is 3.67. The molecular weight excluding hydrogens is 348 g/mol. The maximum atomic E-state index is 12.7. The maximum absolute atomic E-state index is 12.7. The third kappa shape index (κ3) is 3.22. The average molecular weight is 370 g/mol. The van der Waals surface area contributed by atoms with Gasteiger partial charge in [0.15, 0.2) is 0 Å². The number of nitrogen functional groups attached to an aromatic ring is 1. The van der Waals surface area contributed by atoms with Gasteiger partial charge in [-0.3, -0.25) is 13.9 Å². The molecule has 0 unspecified atom stereocenters. The van der Waals surface area contributed by atoms with Crippen LogP contribution in [0.5, 0.6) is 0 Å². The summed E-state index contributed by atoms with van der Waals surface area (Å²) in [6, 6.07) is 8.02. The Balaban J connectivity index is 2.17. The van der Waals surface area contributed by atoms with E-state index in [1.807, 2.05) is 50.4 Å². The molecular formula is C19H22N4O2S. The highest BCUT2D eigenvalue weighted by atomic mass is 32.1. The molecule has 2 heterocycles. The van der Waals surface area contributed by atoms with Crippen LogP contribution in [0.3, 0.4) is 0 Å². The van der Waals surface area contributed by atoms with Crippen molar-refractivity contribution < 1.29 is 0 Å². The molecule has 0 aliphatic rings. The molecule has 3 rings (SSSR count). The lowest BCUT2D eigenvalue weighted by molar-refractivity contribution is 0.494. The number of benzene rings is 1. The van der Waals surface area contributed by atoms with Crippen molar-refractivity contribution in [2.75, 3.05) is 5.73 Å². The van der Waals surface area contributed by atoms with Crippen molar-refractivity contribution >= 4 is 17.2 Å². The van der Waals surface area contributed by atoms with E-state index in [4.69, 9.17) is 5.73 Å². The van der Waals surface area contributed by atoms with Crippen molar-refractivity contribution in [2.45, 2.75) is 27.3 Å². The molecule has 2 aromatic heterocycles. The monoisotopic (exact) mass is 370 g/mol. The molecule has 0 bridgehead atoms. The van der Waals surface area contributed by atoms with Crippen molar-refractivity contribution in [3.63, 3.8) is 0 Å². The summed E-state index contributed by atoms with van der Waals surface area (Å²) in [5.74, 6) is 0.395. The van der Waals surface area contributed by atoms with E-state index < -0.39 is 11.2 Å². The van der Waals surface area contributed by atoms with Gasteiger partial charge in [-0.2, -0.15) is 0 Å². The second kappa shape index (κ2) is 6.92. The van der Waals surface area contributed by atoms with E-state index in [0.29, 0.717) is 12.2 Å². The highest BCUT2D eigenvalue weighted by molar-refractivity contribution is 7.13. The van der Waals surface area contributed by atoms with Gasteiger partial charge >= 0.3 is 5.69 Å². The third-order valence-corrected chi connectivity index (χ3v) is 5.05. The average Bonchev–Trinajstić information content (AvgIpc) is 3.06. The summed E-state index contributed by atoms with van der Waals surface area (Å²) in [5.41, 5.74) is 8.31. The van der Waals surface area contributed by atoms with Crippen LogP contribution in [0.1, 0.15) is 19.4 Å². The number of thiazole rings is 1. The lowest BCUT2D eigenvalue weighted by Gasteiger charge is -2.15. The van der Waals surface area contributed by atoms with E-state index in [0.717, 1.165) is 20.7 Å². The number of hydrogen-bond donors (Lipinski definition) is 1. The fourth-order valence-electron chi connectivity index (χ4n) is 2.86. The molecule has 0 amide bonds. The van der Waals surface area contributed by atoms with Crippen molar-refractivity contribution in [2.24, 2.45) is 13.0 Å². The minimum absolute atomic E-state index is 0.174. The van der Waals surface area contributed by atoms with Crippen LogP contribution in [0.2, 0.25) is 0 Å². The molecule has 0 aliphatic heterocycles. The molecule has 0 saturated heterocycles. The van der Waals surface area contributed by atoms with Gasteiger partial charge in [-0.15, -0.1) is 11.3 Å². The SMILES string of the molecule is Cc1cccc(-c2nc(-c3c(N)n(CC(C)C)c(=O)n(C)c3=O)cs2)c1. The molecule has 2 N–H and O–H groups in total. The predicted molar refractivity (Wildman–Crippen MR) is 106 cm³/mol. The number of aryl methyl sites for hydroxylation is 1. The van der Waals surface area contributed by atoms with Gasteiger partial charge in [-0.05, 0) is 18.9 Å². The predicted octanol–water partition coefficient (Wildman–Crippen LogP) is 2.88. The molecule has 6 nitrogen and oxygen atoms in total. The van der Waals surface area contributed by atoms with Crippen LogP contribution >= 0.6 is 11.3 Å². The summed E-state index contributed by atoms with van der Waals surface area (Å²) in [6.45, 7) is 6.46. The quantitative estimate of drug-likeness (QED) is 0.765. The number of anilines is 1. The first-order valence-electron chi connectivity index (χ1n) is 8.41. The van der Waals surface area contributed by atoms with Crippen LogP contribution in [-0.4, -0.2) is 14.1 Å². The van der Waals surface area contributed by atoms with Gasteiger partial charge in [0.25, 0.3) is 5.56 Å². The normalized spacial score (nSPS) is 11.3. The van der Waals surface area contributed by atoms with E-state index in [1.165, 1.54) is 23.0 Å². The Labute approximate surface area is 155 Å². The van der Waals surface area contributed by atoms with E-state index in [2.05, 4.69) is 4.98 Å². The molecule has 136 valence electrons. The topological polar surface area (TPSA) is 82.9 Å². The van der Waals surface area contributed by atoms with Crippen LogP contribution in [0, 0.1) is 12.8 Å². The van der Waals surface area contributed by atoms with Gasteiger partial charge in [0.2, 0.25) is 0 Å². The number of hydrogen-bond acceptors (Lipinski definition) is 5. The molecule has 1 aromatic carbocycles. The van der Waals surface area contributed by atoms with Crippen molar-refractivity contribution in [1.29, 1.82) is 0 Å². The first-order chi connectivity index (χ1) is 12.3. The standard InChI is InChI=1S/C19H22N4O2S/c1-11(2)9-23-16(20)15(18(24)22(4)19(23)25)14-10-26-17(21-14)13-7-5-6-12(3)8-13/h5-8,10-11H,9,20H2,1-4H3. The molecule has 0 fully saturated rings. The molecule has 0 atom stereocenters. The second-order valence-electron chi connectivity index (χ2n) is 6.82. The van der Waals surface area contributed by atoms with Crippen LogP contribution < -0.4 is 17.0 Å².